The molecule has 0 radical (unpaired) electrons. The molecule has 0 aliphatic carbocycles. The molecule has 1 aromatic rings. The second-order valence-electron chi connectivity index (χ2n) is 4.53. The summed E-state index contributed by atoms with van der Waals surface area (Å²) < 4.78 is 47.1. The van der Waals surface area contributed by atoms with E-state index in [1.807, 2.05) is 0 Å². The van der Waals surface area contributed by atoms with Crippen molar-refractivity contribution in [2.24, 2.45) is 0 Å². The standard InChI is InChI=1S/C15H18F3NO4/c1-3-22-13(20)9-12(14(21)23-4-2)19-11-7-5-10(6-8-11)15(16,17)18/h5-8,12,19H,3-4,9H2,1-2H3/t12-/m1/s1. The highest BCUT2D eigenvalue weighted by Crippen LogP contribution is 2.30. The maximum absolute atomic E-state index is 12.5. The smallest absolute Gasteiger partial charge is 0.416 e. The summed E-state index contributed by atoms with van der Waals surface area (Å²) in [6, 6.07) is 3.09. The van der Waals surface area contributed by atoms with Gasteiger partial charge in [-0.2, -0.15) is 13.2 Å². The molecule has 23 heavy (non-hydrogen) atoms. The van der Waals surface area contributed by atoms with Crippen LogP contribution in [0.15, 0.2) is 24.3 Å². The first-order valence-electron chi connectivity index (χ1n) is 7.04. The Morgan fingerprint density at radius 3 is 2.13 bits per heavy atom. The van der Waals surface area contributed by atoms with Crippen molar-refractivity contribution in [1.29, 1.82) is 0 Å². The zero-order chi connectivity index (χ0) is 17.5. The van der Waals surface area contributed by atoms with Crippen LogP contribution in [0, 0.1) is 0 Å². The molecule has 1 aromatic carbocycles. The summed E-state index contributed by atoms with van der Waals surface area (Å²) in [5.41, 5.74) is -0.540. The fourth-order valence-electron chi connectivity index (χ4n) is 1.78. The van der Waals surface area contributed by atoms with Gasteiger partial charge in [0.15, 0.2) is 0 Å². The van der Waals surface area contributed by atoms with Gasteiger partial charge >= 0.3 is 18.1 Å². The number of ether oxygens (including phenoxy) is 2. The molecular weight excluding hydrogens is 315 g/mol. The van der Waals surface area contributed by atoms with E-state index < -0.39 is 29.7 Å². The highest BCUT2D eigenvalue weighted by atomic mass is 19.4. The number of halogens is 3. The van der Waals surface area contributed by atoms with Gasteiger partial charge in [-0.1, -0.05) is 0 Å². The van der Waals surface area contributed by atoms with Gasteiger partial charge in [-0.25, -0.2) is 4.79 Å². The largest absolute Gasteiger partial charge is 0.466 e. The van der Waals surface area contributed by atoms with Gasteiger partial charge in [-0.3, -0.25) is 4.79 Å². The van der Waals surface area contributed by atoms with E-state index in [1.54, 1.807) is 13.8 Å². The van der Waals surface area contributed by atoms with Crippen molar-refractivity contribution in [2.75, 3.05) is 18.5 Å². The SMILES string of the molecule is CCOC(=O)C[C@@H](Nc1ccc(C(F)(F)F)cc1)C(=O)OCC. The van der Waals surface area contributed by atoms with E-state index in [0.29, 0.717) is 0 Å². The molecule has 1 atom stereocenters. The van der Waals surface area contributed by atoms with Gasteiger partial charge < -0.3 is 14.8 Å². The monoisotopic (exact) mass is 333 g/mol. The van der Waals surface area contributed by atoms with Gasteiger partial charge in [0.2, 0.25) is 0 Å². The van der Waals surface area contributed by atoms with Crippen LogP contribution in [0.25, 0.3) is 0 Å². The van der Waals surface area contributed by atoms with E-state index in [-0.39, 0.29) is 25.3 Å². The Labute approximate surface area is 131 Å². The molecular formula is C15H18F3NO4. The van der Waals surface area contributed by atoms with E-state index in [1.165, 1.54) is 12.1 Å². The van der Waals surface area contributed by atoms with Gasteiger partial charge in [0.05, 0.1) is 25.2 Å². The third-order valence-corrected chi connectivity index (χ3v) is 2.80. The van der Waals surface area contributed by atoms with Crippen LogP contribution in [0.3, 0.4) is 0 Å². The molecule has 0 aliphatic heterocycles. The Morgan fingerprint density at radius 2 is 1.65 bits per heavy atom. The van der Waals surface area contributed by atoms with Crippen LogP contribution in [-0.4, -0.2) is 31.2 Å². The summed E-state index contributed by atoms with van der Waals surface area (Å²) in [6.45, 7) is 3.51. The summed E-state index contributed by atoms with van der Waals surface area (Å²) in [6.07, 6.45) is -4.72. The van der Waals surface area contributed by atoms with Gasteiger partial charge in [0.1, 0.15) is 6.04 Å². The summed E-state index contributed by atoms with van der Waals surface area (Å²) in [4.78, 5) is 23.4. The molecule has 8 heteroatoms. The Bertz CT molecular complexity index is 529. The van der Waals surface area contributed by atoms with E-state index in [0.717, 1.165) is 12.1 Å². The molecule has 0 fully saturated rings. The quantitative estimate of drug-likeness (QED) is 0.777. The van der Waals surface area contributed by atoms with Crippen LogP contribution >= 0.6 is 0 Å². The minimum Gasteiger partial charge on any atom is -0.466 e. The van der Waals surface area contributed by atoms with Gasteiger partial charge in [0, 0.05) is 5.69 Å². The van der Waals surface area contributed by atoms with Crippen molar-refractivity contribution in [3.05, 3.63) is 29.8 Å². The van der Waals surface area contributed by atoms with Gasteiger partial charge in [0.25, 0.3) is 0 Å². The lowest BCUT2D eigenvalue weighted by atomic mass is 10.1. The highest BCUT2D eigenvalue weighted by molar-refractivity contribution is 5.85. The molecule has 0 heterocycles. The van der Waals surface area contributed by atoms with Crippen molar-refractivity contribution in [1.82, 2.24) is 0 Å². The van der Waals surface area contributed by atoms with Crippen LogP contribution in [0.4, 0.5) is 18.9 Å². The van der Waals surface area contributed by atoms with E-state index in [4.69, 9.17) is 9.47 Å². The lowest BCUT2D eigenvalue weighted by Gasteiger charge is -2.18. The van der Waals surface area contributed by atoms with Crippen molar-refractivity contribution < 1.29 is 32.2 Å². The molecule has 128 valence electrons. The highest BCUT2D eigenvalue weighted by Gasteiger charge is 2.30. The summed E-state index contributed by atoms with van der Waals surface area (Å²) in [5, 5.41) is 2.69. The molecule has 0 unspecified atom stereocenters. The van der Waals surface area contributed by atoms with Crippen molar-refractivity contribution >= 4 is 17.6 Å². The molecule has 5 nitrogen and oxygen atoms in total. The average molecular weight is 333 g/mol. The Morgan fingerprint density at radius 1 is 1.09 bits per heavy atom. The molecule has 0 saturated carbocycles. The number of benzene rings is 1. The number of rotatable bonds is 7. The van der Waals surface area contributed by atoms with Crippen LogP contribution in [0.2, 0.25) is 0 Å². The number of anilines is 1. The first kappa shape index (κ1) is 18.8. The molecule has 0 aromatic heterocycles. The van der Waals surface area contributed by atoms with Crippen molar-refractivity contribution in [3.8, 4) is 0 Å². The lowest BCUT2D eigenvalue weighted by molar-refractivity contribution is -0.150. The predicted molar refractivity (Wildman–Crippen MR) is 76.7 cm³/mol. The maximum Gasteiger partial charge on any atom is 0.416 e. The fourth-order valence-corrected chi connectivity index (χ4v) is 1.78. The third kappa shape index (κ3) is 6.17. The third-order valence-electron chi connectivity index (χ3n) is 2.80. The number of alkyl halides is 3. The molecule has 1 N–H and O–H groups in total. The van der Waals surface area contributed by atoms with Crippen LogP contribution < -0.4 is 5.32 Å². The van der Waals surface area contributed by atoms with E-state index in [9.17, 15) is 22.8 Å². The van der Waals surface area contributed by atoms with Gasteiger partial charge in [-0.05, 0) is 38.1 Å². The second kappa shape index (κ2) is 8.40. The molecule has 0 amide bonds. The Balaban J connectivity index is 2.83. The summed E-state index contributed by atoms with van der Waals surface area (Å²) in [5.74, 6) is -1.29. The van der Waals surface area contributed by atoms with Crippen molar-refractivity contribution in [2.45, 2.75) is 32.5 Å². The predicted octanol–water partition coefficient (Wildman–Crippen LogP) is 3.00. The Kier molecular flexibility index (Phi) is 6.87. The van der Waals surface area contributed by atoms with E-state index in [2.05, 4.69) is 5.32 Å². The first-order valence-corrected chi connectivity index (χ1v) is 7.04. The summed E-state index contributed by atoms with van der Waals surface area (Å²) in [7, 11) is 0. The van der Waals surface area contributed by atoms with Crippen LogP contribution in [-0.2, 0) is 25.2 Å². The number of carbonyl (C=O) groups is 2. The van der Waals surface area contributed by atoms with Gasteiger partial charge in [-0.15, -0.1) is 0 Å². The van der Waals surface area contributed by atoms with Crippen LogP contribution in [0.5, 0.6) is 0 Å². The molecule has 0 aliphatic rings. The fraction of sp³-hybridized carbons (Fsp3) is 0.467. The average Bonchev–Trinajstić information content (AvgIpc) is 2.46. The Hall–Kier alpha value is -2.25. The number of nitrogens with one attached hydrogen (secondary N) is 1. The molecule has 1 rings (SSSR count). The molecule has 0 saturated heterocycles. The molecule has 0 bridgehead atoms. The van der Waals surface area contributed by atoms with Crippen molar-refractivity contribution in [3.63, 3.8) is 0 Å². The number of hydrogen-bond donors (Lipinski definition) is 1. The first-order chi connectivity index (χ1) is 10.8. The summed E-state index contributed by atoms with van der Waals surface area (Å²) >= 11 is 0. The van der Waals surface area contributed by atoms with Crippen LogP contribution in [0.1, 0.15) is 25.8 Å². The second-order valence-corrected chi connectivity index (χ2v) is 4.53. The maximum atomic E-state index is 12.5. The lowest BCUT2D eigenvalue weighted by Crippen LogP contribution is -2.34. The topological polar surface area (TPSA) is 64.6 Å². The zero-order valence-corrected chi connectivity index (χ0v) is 12.8. The molecule has 0 spiro atoms. The minimum atomic E-state index is -4.44. The zero-order valence-electron chi connectivity index (χ0n) is 12.8. The number of esters is 2. The normalized spacial score (nSPS) is 12.4. The minimum absolute atomic E-state index is 0.118. The number of hydrogen-bond acceptors (Lipinski definition) is 5. The number of carbonyl (C=O) groups excluding carboxylic acids is 2. The van der Waals surface area contributed by atoms with E-state index >= 15 is 0 Å².